The van der Waals surface area contributed by atoms with Crippen molar-refractivity contribution in [1.29, 1.82) is 0 Å². The van der Waals surface area contributed by atoms with Crippen molar-refractivity contribution in [2.75, 3.05) is 16.8 Å². The number of fused-ring (bicyclic) bond motifs is 1. The number of hydrogen-bond donors (Lipinski definition) is 1. The second-order valence-corrected chi connectivity index (χ2v) is 9.43. The number of nitrogens with one attached hydrogen (secondary N) is 1. The Hall–Kier alpha value is -4.20. The number of para-hydroxylation sites is 2. The van der Waals surface area contributed by atoms with Gasteiger partial charge in [-0.2, -0.15) is 5.10 Å². The van der Waals surface area contributed by atoms with Crippen LogP contribution in [0, 0.1) is 20.8 Å². The van der Waals surface area contributed by atoms with Crippen molar-refractivity contribution in [3.05, 3.63) is 82.7 Å². The van der Waals surface area contributed by atoms with Crippen LogP contribution >= 0.6 is 0 Å². The van der Waals surface area contributed by atoms with Crippen LogP contribution in [0.1, 0.15) is 41.9 Å². The first kappa shape index (κ1) is 24.9. The fraction of sp³-hybridized carbons (Fsp3) is 0.286. The molecule has 2 amide bonds. The highest BCUT2D eigenvalue weighted by Crippen LogP contribution is 2.36. The van der Waals surface area contributed by atoms with E-state index in [4.69, 9.17) is 4.74 Å². The van der Waals surface area contributed by atoms with Crippen molar-refractivity contribution in [2.45, 2.75) is 46.7 Å². The molecule has 1 aromatic heterocycles. The van der Waals surface area contributed by atoms with E-state index in [9.17, 15) is 14.4 Å². The second kappa shape index (κ2) is 9.81. The molecule has 0 saturated heterocycles. The third kappa shape index (κ3) is 4.93. The molecule has 0 fully saturated rings. The van der Waals surface area contributed by atoms with Gasteiger partial charge in [-0.3, -0.25) is 19.2 Å². The lowest BCUT2D eigenvalue weighted by molar-refractivity contribution is -0.143. The fourth-order valence-electron chi connectivity index (χ4n) is 4.27. The molecule has 8 heteroatoms. The lowest BCUT2D eigenvalue weighted by atomic mass is 9.96. The van der Waals surface area contributed by atoms with Gasteiger partial charge in [-0.25, -0.2) is 4.79 Å². The number of carbonyl (C=O) groups is 3. The minimum atomic E-state index is -1.13. The first-order valence-electron chi connectivity index (χ1n) is 11.8. The van der Waals surface area contributed by atoms with Gasteiger partial charge >= 0.3 is 5.97 Å². The van der Waals surface area contributed by atoms with E-state index in [0.717, 1.165) is 22.5 Å². The number of hydrogen-bond acceptors (Lipinski definition) is 5. The van der Waals surface area contributed by atoms with Crippen LogP contribution in [-0.4, -0.2) is 39.7 Å². The molecular formula is C28H30N4O4. The van der Waals surface area contributed by atoms with Crippen LogP contribution in [0.4, 0.5) is 11.4 Å². The van der Waals surface area contributed by atoms with E-state index in [1.807, 2.05) is 25.5 Å². The maximum absolute atomic E-state index is 13.0. The van der Waals surface area contributed by atoms with E-state index in [-0.39, 0.29) is 5.91 Å². The number of nitrogens with zero attached hydrogens (tertiary/aromatic N) is 3. The predicted octanol–water partition coefficient (Wildman–Crippen LogP) is 4.18. The van der Waals surface area contributed by atoms with Crippen LogP contribution in [0.25, 0.3) is 6.08 Å². The molecule has 4 rings (SSSR count). The maximum atomic E-state index is 13.0. The molecule has 3 aromatic rings. The smallest absolute Gasteiger partial charge is 0.331 e. The molecule has 1 aliphatic heterocycles. The number of rotatable bonds is 6. The Balaban J connectivity index is 1.43. The number of benzene rings is 2. The summed E-state index contributed by atoms with van der Waals surface area (Å²) in [7, 11) is 0. The number of esters is 1. The van der Waals surface area contributed by atoms with Crippen LogP contribution in [0.2, 0.25) is 0 Å². The van der Waals surface area contributed by atoms with E-state index in [2.05, 4.69) is 34.7 Å². The van der Waals surface area contributed by atoms with Gasteiger partial charge in [0.25, 0.3) is 5.91 Å². The highest BCUT2D eigenvalue weighted by Gasteiger charge is 2.43. The van der Waals surface area contributed by atoms with Crippen LogP contribution in [0.15, 0.2) is 54.6 Å². The molecule has 186 valence electrons. The van der Waals surface area contributed by atoms with Gasteiger partial charge in [0.2, 0.25) is 5.91 Å². The number of anilines is 2. The molecule has 2 aromatic carbocycles. The molecule has 2 heterocycles. The third-order valence-electron chi connectivity index (χ3n) is 6.37. The van der Waals surface area contributed by atoms with E-state index >= 15 is 0 Å². The summed E-state index contributed by atoms with van der Waals surface area (Å²) in [6, 6.07) is 15.3. The Bertz CT molecular complexity index is 1350. The number of aryl methyl sites for hydroxylation is 2. The normalized spacial score (nSPS) is 14.5. The van der Waals surface area contributed by atoms with Crippen LogP contribution in [0.5, 0.6) is 0 Å². The summed E-state index contributed by atoms with van der Waals surface area (Å²) in [6.07, 6.45) is 2.95. The molecule has 0 atom stereocenters. The zero-order chi connectivity index (χ0) is 26.0. The van der Waals surface area contributed by atoms with Gasteiger partial charge in [-0.1, -0.05) is 42.0 Å². The molecule has 0 bridgehead atoms. The lowest BCUT2D eigenvalue weighted by Crippen LogP contribution is -2.59. The topological polar surface area (TPSA) is 93.5 Å². The number of amides is 2. The van der Waals surface area contributed by atoms with Crippen molar-refractivity contribution in [1.82, 2.24) is 9.78 Å². The number of carbonyl (C=O) groups excluding carboxylic acids is 3. The van der Waals surface area contributed by atoms with Gasteiger partial charge < -0.3 is 10.1 Å². The van der Waals surface area contributed by atoms with Crippen molar-refractivity contribution >= 4 is 35.2 Å². The van der Waals surface area contributed by atoms with E-state index in [1.54, 1.807) is 44.2 Å². The highest BCUT2D eigenvalue weighted by atomic mass is 16.5. The summed E-state index contributed by atoms with van der Waals surface area (Å²) in [4.78, 5) is 39.4. The Kier molecular flexibility index (Phi) is 6.79. The zero-order valence-corrected chi connectivity index (χ0v) is 21.2. The quantitative estimate of drug-likeness (QED) is 0.417. The fourth-order valence-corrected chi connectivity index (χ4v) is 4.27. The highest BCUT2D eigenvalue weighted by molar-refractivity contribution is 6.14. The van der Waals surface area contributed by atoms with Gasteiger partial charge in [-0.15, -0.1) is 0 Å². The summed E-state index contributed by atoms with van der Waals surface area (Å²) in [5.41, 5.74) is 4.84. The molecule has 0 unspecified atom stereocenters. The van der Waals surface area contributed by atoms with E-state index < -0.39 is 24.0 Å². The van der Waals surface area contributed by atoms with Crippen LogP contribution < -0.4 is 10.2 Å². The van der Waals surface area contributed by atoms with Crippen molar-refractivity contribution in [3.63, 3.8) is 0 Å². The third-order valence-corrected chi connectivity index (χ3v) is 6.37. The molecule has 1 aliphatic rings. The first-order chi connectivity index (χ1) is 17.1. The molecule has 8 nitrogen and oxygen atoms in total. The van der Waals surface area contributed by atoms with Gasteiger partial charge in [-0.05, 0) is 58.4 Å². The van der Waals surface area contributed by atoms with E-state index in [1.165, 1.54) is 16.5 Å². The average molecular weight is 487 g/mol. The Morgan fingerprint density at radius 3 is 2.47 bits per heavy atom. The van der Waals surface area contributed by atoms with E-state index in [0.29, 0.717) is 17.9 Å². The Morgan fingerprint density at radius 1 is 1.06 bits per heavy atom. The summed E-state index contributed by atoms with van der Waals surface area (Å²) in [5, 5.41) is 7.41. The monoisotopic (exact) mass is 486 g/mol. The van der Waals surface area contributed by atoms with Crippen LogP contribution in [-0.2, 0) is 25.7 Å². The standard InChI is InChI=1S/C28H30N4O4/c1-18-10-12-21(13-11-18)16-31-20(3)22(19(2)30-31)14-15-26(34)36-17-25(33)32-24-9-7-6-8-23(24)29-27(35)28(32,4)5/h6-15H,16-17H2,1-5H3,(H,29,35). The molecule has 0 saturated carbocycles. The number of aromatic nitrogens is 2. The van der Waals surface area contributed by atoms with Gasteiger partial charge in [0.1, 0.15) is 5.54 Å². The van der Waals surface area contributed by atoms with Crippen LogP contribution in [0.3, 0.4) is 0 Å². The lowest BCUT2D eigenvalue weighted by Gasteiger charge is -2.41. The molecule has 0 spiro atoms. The minimum Gasteiger partial charge on any atom is -0.452 e. The van der Waals surface area contributed by atoms with Gasteiger partial charge in [0.15, 0.2) is 6.61 Å². The molecule has 0 aliphatic carbocycles. The minimum absolute atomic E-state index is 0.311. The molecule has 0 radical (unpaired) electrons. The molecular weight excluding hydrogens is 456 g/mol. The largest absolute Gasteiger partial charge is 0.452 e. The molecule has 1 N–H and O–H groups in total. The Morgan fingerprint density at radius 2 is 1.75 bits per heavy atom. The molecule has 36 heavy (non-hydrogen) atoms. The average Bonchev–Trinajstić information content (AvgIpc) is 3.10. The van der Waals surface area contributed by atoms with Crippen molar-refractivity contribution in [2.24, 2.45) is 0 Å². The summed E-state index contributed by atoms with van der Waals surface area (Å²) < 4.78 is 7.14. The second-order valence-electron chi connectivity index (χ2n) is 9.43. The summed E-state index contributed by atoms with van der Waals surface area (Å²) in [6.45, 7) is 9.32. The van der Waals surface area contributed by atoms with Gasteiger partial charge in [0.05, 0.1) is 23.6 Å². The van der Waals surface area contributed by atoms with Crippen molar-refractivity contribution in [3.8, 4) is 0 Å². The number of ether oxygens (including phenoxy) is 1. The van der Waals surface area contributed by atoms with Crippen molar-refractivity contribution < 1.29 is 19.1 Å². The SMILES string of the molecule is Cc1ccc(Cn2nc(C)c(C=CC(=O)OCC(=O)N3c4ccccc4NC(=O)C3(C)C)c2C)cc1. The Labute approximate surface area is 210 Å². The van der Waals surface area contributed by atoms with Gasteiger partial charge in [0, 0.05) is 17.3 Å². The maximum Gasteiger partial charge on any atom is 0.331 e. The summed E-state index contributed by atoms with van der Waals surface area (Å²) in [5.74, 6) is -1.45. The first-order valence-corrected chi connectivity index (χ1v) is 11.8. The zero-order valence-electron chi connectivity index (χ0n) is 21.2. The summed E-state index contributed by atoms with van der Waals surface area (Å²) >= 11 is 0. The predicted molar refractivity (Wildman–Crippen MR) is 139 cm³/mol.